The minimum atomic E-state index is -0.000248. The molecule has 1 aromatic heterocycles. The maximum Gasteiger partial charge on any atom is 0.255 e. The molecular weight excluding hydrogens is 310 g/mol. The normalized spacial score (nSPS) is 20.3. The van der Waals surface area contributed by atoms with Crippen LogP contribution >= 0.6 is 0 Å². The van der Waals surface area contributed by atoms with Gasteiger partial charge in [0.15, 0.2) is 0 Å². The van der Waals surface area contributed by atoms with Crippen molar-refractivity contribution in [1.82, 2.24) is 10.3 Å². The summed E-state index contributed by atoms with van der Waals surface area (Å²) in [4.78, 5) is 20.9. The number of allylic oxidation sites excluding steroid dienone is 1. The summed E-state index contributed by atoms with van der Waals surface area (Å²) >= 11 is 0. The molecule has 4 nitrogen and oxygen atoms in total. The van der Waals surface area contributed by atoms with Crippen LogP contribution in [-0.4, -0.2) is 22.6 Å². The molecule has 0 spiro atoms. The fraction of sp³-hybridized carbons (Fsp3) is 0.619. The third-order valence-corrected chi connectivity index (χ3v) is 5.71. The Balaban J connectivity index is 1.76. The molecule has 0 bridgehead atoms. The lowest BCUT2D eigenvalue weighted by Crippen LogP contribution is -2.40. The van der Waals surface area contributed by atoms with Crippen molar-refractivity contribution < 1.29 is 4.79 Å². The molecule has 3 rings (SSSR count). The lowest BCUT2D eigenvalue weighted by molar-refractivity contribution is 0.0912. The predicted octanol–water partition coefficient (Wildman–Crippen LogP) is 5.08. The van der Waals surface area contributed by atoms with Crippen LogP contribution in [-0.2, 0) is 0 Å². The number of carbonyl (C=O) groups is 1. The van der Waals surface area contributed by atoms with Crippen molar-refractivity contribution in [1.29, 1.82) is 0 Å². The van der Waals surface area contributed by atoms with Gasteiger partial charge in [-0.05, 0) is 51.0 Å². The number of aromatic nitrogens is 1. The molecule has 1 unspecified atom stereocenters. The van der Waals surface area contributed by atoms with Crippen LogP contribution in [0.2, 0.25) is 0 Å². The van der Waals surface area contributed by atoms with Gasteiger partial charge in [0.05, 0.1) is 11.3 Å². The zero-order valence-corrected chi connectivity index (χ0v) is 15.6. The Kier molecular flexibility index (Phi) is 5.77. The zero-order chi connectivity index (χ0) is 17.8. The van der Waals surface area contributed by atoms with Gasteiger partial charge in [-0.2, -0.15) is 0 Å². The van der Waals surface area contributed by atoms with E-state index >= 15 is 0 Å². The monoisotopic (exact) mass is 341 g/mol. The SMILES string of the molecule is C=CC(=Nc1c(C(=O)NC(CC)C2CCCCC2)c[nH]c1C)C1CC1. The molecule has 136 valence electrons. The van der Waals surface area contributed by atoms with E-state index in [1.807, 2.05) is 13.0 Å². The first kappa shape index (κ1) is 18.0. The van der Waals surface area contributed by atoms with Crippen LogP contribution in [0.4, 0.5) is 5.69 Å². The van der Waals surface area contributed by atoms with Gasteiger partial charge >= 0.3 is 0 Å². The van der Waals surface area contributed by atoms with Gasteiger partial charge in [0, 0.05) is 29.6 Å². The summed E-state index contributed by atoms with van der Waals surface area (Å²) in [5.74, 6) is 1.14. The lowest BCUT2D eigenvalue weighted by Gasteiger charge is -2.30. The molecule has 4 heteroatoms. The van der Waals surface area contributed by atoms with Gasteiger partial charge in [-0.15, -0.1) is 0 Å². The van der Waals surface area contributed by atoms with Crippen molar-refractivity contribution in [3.8, 4) is 0 Å². The Morgan fingerprint density at radius 2 is 2.08 bits per heavy atom. The summed E-state index contributed by atoms with van der Waals surface area (Å²) in [6, 6.07) is 0.266. The Morgan fingerprint density at radius 1 is 1.36 bits per heavy atom. The number of nitrogens with one attached hydrogen (secondary N) is 2. The van der Waals surface area contributed by atoms with Crippen LogP contribution in [0.5, 0.6) is 0 Å². The van der Waals surface area contributed by atoms with Crippen LogP contribution in [0.1, 0.15) is 74.3 Å². The van der Waals surface area contributed by atoms with E-state index in [1.165, 1.54) is 44.9 Å². The number of aliphatic imine (C=N–C) groups is 1. The number of hydrogen-bond acceptors (Lipinski definition) is 2. The molecule has 2 aliphatic rings. The quantitative estimate of drug-likeness (QED) is 0.668. The summed E-state index contributed by atoms with van der Waals surface area (Å²) in [6.45, 7) is 8.03. The number of nitrogens with zero attached hydrogens (tertiary/aromatic N) is 1. The van der Waals surface area contributed by atoms with Crippen molar-refractivity contribution in [3.05, 3.63) is 30.1 Å². The van der Waals surface area contributed by atoms with Crippen molar-refractivity contribution in [3.63, 3.8) is 0 Å². The Bertz CT molecular complexity index is 648. The molecule has 2 saturated carbocycles. The van der Waals surface area contributed by atoms with Gasteiger partial charge in [0.25, 0.3) is 5.91 Å². The molecule has 1 atom stereocenters. The highest BCUT2D eigenvalue weighted by atomic mass is 16.1. The van der Waals surface area contributed by atoms with Gasteiger partial charge in [0.2, 0.25) is 0 Å². The summed E-state index contributed by atoms with van der Waals surface area (Å²) in [6.07, 6.45) is 13.4. The maximum absolute atomic E-state index is 12.9. The number of aromatic amines is 1. The molecule has 0 aliphatic heterocycles. The van der Waals surface area contributed by atoms with E-state index in [2.05, 4.69) is 23.8 Å². The van der Waals surface area contributed by atoms with Crippen LogP contribution < -0.4 is 5.32 Å². The van der Waals surface area contributed by atoms with E-state index in [0.29, 0.717) is 17.4 Å². The molecule has 25 heavy (non-hydrogen) atoms. The number of aryl methyl sites for hydroxylation is 1. The molecule has 0 aromatic carbocycles. The van der Waals surface area contributed by atoms with Crippen molar-refractivity contribution >= 4 is 17.3 Å². The van der Waals surface area contributed by atoms with Gasteiger partial charge in [-0.25, -0.2) is 0 Å². The van der Waals surface area contributed by atoms with Crippen molar-refractivity contribution in [2.24, 2.45) is 16.8 Å². The standard InChI is InChI=1S/C21H31N3O/c1-4-18(16-11-12-16)23-20-14(3)22-13-17(20)21(25)24-19(5-2)15-9-7-6-8-10-15/h4,13,15-16,19,22H,1,5-12H2,2-3H3,(H,24,25). The molecule has 2 N–H and O–H groups in total. The largest absolute Gasteiger partial charge is 0.363 e. The highest BCUT2D eigenvalue weighted by Gasteiger charge is 2.28. The second-order valence-electron chi connectivity index (χ2n) is 7.58. The highest BCUT2D eigenvalue weighted by molar-refractivity contribution is 6.04. The maximum atomic E-state index is 12.9. The van der Waals surface area contributed by atoms with Gasteiger partial charge in [0.1, 0.15) is 0 Å². The second kappa shape index (κ2) is 8.03. The average Bonchev–Trinajstić information content (AvgIpc) is 3.42. The molecule has 0 saturated heterocycles. The number of amides is 1. The van der Waals surface area contributed by atoms with Crippen LogP contribution in [0.25, 0.3) is 0 Å². The minimum absolute atomic E-state index is 0.000248. The smallest absolute Gasteiger partial charge is 0.255 e. The van der Waals surface area contributed by atoms with E-state index in [0.717, 1.165) is 23.5 Å². The lowest BCUT2D eigenvalue weighted by atomic mass is 9.83. The van der Waals surface area contributed by atoms with Crippen LogP contribution in [0.15, 0.2) is 23.8 Å². The van der Waals surface area contributed by atoms with Gasteiger partial charge in [-0.1, -0.05) is 32.8 Å². The average molecular weight is 341 g/mol. The molecule has 2 aliphatic carbocycles. The molecule has 1 aromatic rings. The number of rotatable bonds is 7. The van der Waals surface area contributed by atoms with Crippen molar-refractivity contribution in [2.45, 2.75) is 71.3 Å². The van der Waals surface area contributed by atoms with E-state index < -0.39 is 0 Å². The first-order chi connectivity index (χ1) is 12.1. The fourth-order valence-corrected chi connectivity index (χ4v) is 3.98. The van der Waals surface area contributed by atoms with Crippen molar-refractivity contribution in [2.75, 3.05) is 0 Å². The number of hydrogen-bond donors (Lipinski definition) is 2. The van der Waals surface area contributed by atoms with Gasteiger partial charge in [-0.3, -0.25) is 9.79 Å². The topological polar surface area (TPSA) is 57.2 Å². The molecule has 1 amide bonds. The summed E-state index contributed by atoms with van der Waals surface area (Å²) in [5.41, 5.74) is 3.39. The summed E-state index contributed by atoms with van der Waals surface area (Å²) in [5, 5.41) is 3.29. The first-order valence-corrected chi connectivity index (χ1v) is 9.83. The predicted molar refractivity (Wildman–Crippen MR) is 104 cm³/mol. The molecule has 1 heterocycles. The molecular formula is C21H31N3O. The third kappa shape index (κ3) is 4.23. The number of carbonyl (C=O) groups excluding carboxylic acids is 1. The van der Waals surface area contributed by atoms with E-state index in [9.17, 15) is 4.79 Å². The summed E-state index contributed by atoms with van der Waals surface area (Å²) in [7, 11) is 0. The number of H-pyrrole nitrogens is 1. The fourth-order valence-electron chi connectivity index (χ4n) is 3.98. The van der Waals surface area contributed by atoms with Crippen LogP contribution in [0.3, 0.4) is 0 Å². The molecule has 0 radical (unpaired) electrons. The van der Waals surface area contributed by atoms with E-state index in [4.69, 9.17) is 4.99 Å². The zero-order valence-electron chi connectivity index (χ0n) is 15.6. The van der Waals surface area contributed by atoms with Crippen LogP contribution in [0, 0.1) is 18.8 Å². The Labute approximate surface area is 151 Å². The van der Waals surface area contributed by atoms with E-state index in [-0.39, 0.29) is 11.9 Å². The minimum Gasteiger partial charge on any atom is -0.363 e. The summed E-state index contributed by atoms with van der Waals surface area (Å²) < 4.78 is 0. The first-order valence-electron chi connectivity index (χ1n) is 9.83. The van der Waals surface area contributed by atoms with E-state index in [1.54, 1.807) is 6.20 Å². The van der Waals surface area contributed by atoms with Gasteiger partial charge < -0.3 is 10.3 Å². The third-order valence-electron chi connectivity index (χ3n) is 5.71. The Hall–Kier alpha value is -1.84. The Morgan fingerprint density at radius 3 is 2.68 bits per heavy atom. The molecule has 2 fully saturated rings. The second-order valence-corrected chi connectivity index (χ2v) is 7.58. The highest BCUT2D eigenvalue weighted by Crippen LogP contribution is 2.34.